The van der Waals surface area contributed by atoms with Gasteiger partial charge in [0, 0.05) is 44.2 Å². The van der Waals surface area contributed by atoms with E-state index in [4.69, 9.17) is 9.47 Å². The SMILES string of the molecule is Cc1cn(C2CCOCC2)nc1C(=O)N1CCOCCC1C. The van der Waals surface area contributed by atoms with E-state index in [1.54, 1.807) is 0 Å². The van der Waals surface area contributed by atoms with Crippen LogP contribution in [0.2, 0.25) is 0 Å². The summed E-state index contributed by atoms with van der Waals surface area (Å²) < 4.78 is 12.8. The Kier molecular flexibility index (Phi) is 4.78. The van der Waals surface area contributed by atoms with Crippen molar-refractivity contribution in [3.63, 3.8) is 0 Å². The molecule has 22 heavy (non-hydrogen) atoms. The minimum absolute atomic E-state index is 0.0290. The molecule has 6 heteroatoms. The Morgan fingerprint density at radius 3 is 2.64 bits per heavy atom. The molecule has 6 nitrogen and oxygen atoms in total. The number of carbonyl (C=O) groups excluding carboxylic acids is 1. The zero-order valence-corrected chi connectivity index (χ0v) is 13.5. The van der Waals surface area contributed by atoms with Crippen LogP contribution in [0, 0.1) is 6.92 Å². The molecule has 0 N–H and O–H groups in total. The molecule has 2 aliphatic heterocycles. The molecule has 0 spiro atoms. The van der Waals surface area contributed by atoms with Crippen LogP contribution in [0.1, 0.15) is 48.3 Å². The van der Waals surface area contributed by atoms with Crippen molar-refractivity contribution in [2.45, 2.75) is 45.2 Å². The fourth-order valence-electron chi connectivity index (χ4n) is 3.16. The van der Waals surface area contributed by atoms with Gasteiger partial charge in [0.05, 0.1) is 12.6 Å². The number of rotatable bonds is 2. The second-order valence-corrected chi connectivity index (χ2v) is 6.23. The van der Waals surface area contributed by atoms with Crippen LogP contribution < -0.4 is 0 Å². The molecule has 3 heterocycles. The van der Waals surface area contributed by atoms with E-state index >= 15 is 0 Å². The van der Waals surface area contributed by atoms with Gasteiger partial charge in [-0.1, -0.05) is 0 Å². The topological polar surface area (TPSA) is 56.6 Å². The Bertz CT molecular complexity index is 523. The van der Waals surface area contributed by atoms with Crippen molar-refractivity contribution in [1.29, 1.82) is 0 Å². The second-order valence-electron chi connectivity index (χ2n) is 6.23. The molecular formula is C16H25N3O3. The van der Waals surface area contributed by atoms with Crippen LogP contribution in [0.4, 0.5) is 0 Å². The van der Waals surface area contributed by atoms with Crippen molar-refractivity contribution in [3.8, 4) is 0 Å². The van der Waals surface area contributed by atoms with Crippen molar-refractivity contribution in [2.24, 2.45) is 0 Å². The van der Waals surface area contributed by atoms with Gasteiger partial charge in [-0.05, 0) is 33.1 Å². The lowest BCUT2D eigenvalue weighted by atomic mass is 10.1. The number of nitrogens with zero attached hydrogens (tertiary/aromatic N) is 3. The Morgan fingerprint density at radius 1 is 1.18 bits per heavy atom. The van der Waals surface area contributed by atoms with E-state index in [9.17, 15) is 4.79 Å². The van der Waals surface area contributed by atoms with Crippen molar-refractivity contribution in [2.75, 3.05) is 33.0 Å². The molecule has 1 atom stereocenters. The van der Waals surface area contributed by atoms with Crippen LogP contribution in [0.15, 0.2) is 6.20 Å². The molecule has 0 bridgehead atoms. The fraction of sp³-hybridized carbons (Fsp3) is 0.750. The highest BCUT2D eigenvalue weighted by atomic mass is 16.5. The van der Waals surface area contributed by atoms with Gasteiger partial charge < -0.3 is 14.4 Å². The standard InChI is InChI=1S/C16H25N3O3/c1-12-11-19(14-4-8-21-9-5-14)17-15(12)16(20)18-6-10-22-7-3-13(18)2/h11,13-14H,3-10H2,1-2H3. The fourth-order valence-corrected chi connectivity index (χ4v) is 3.16. The van der Waals surface area contributed by atoms with Gasteiger partial charge in [-0.15, -0.1) is 0 Å². The maximum atomic E-state index is 12.8. The lowest BCUT2D eigenvalue weighted by Crippen LogP contribution is -2.39. The minimum Gasteiger partial charge on any atom is -0.381 e. The summed E-state index contributed by atoms with van der Waals surface area (Å²) in [5.74, 6) is 0.0290. The van der Waals surface area contributed by atoms with Gasteiger partial charge in [0.2, 0.25) is 0 Å². The molecule has 3 rings (SSSR count). The first-order valence-electron chi connectivity index (χ1n) is 8.19. The van der Waals surface area contributed by atoms with Gasteiger partial charge in [0.25, 0.3) is 5.91 Å². The summed E-state index contributed by atoms with van der Waals surface area (Å²) >= 11 is 0. The molecule has 0 aromatic carbocycles. The molecule has 1 unspecified atom stereocenters. The molecular weight excluding hydrogens is 282 g/mol. The molecule has 0 saturated carbocycles. The first-order chi connectivity index (χ1) is 10.7. The van der Waals surface area contributed by atoms with Gasteiger partial charge in [-0.3, -0.25) is 9.48 Å². The normalized spacial score (nSPS) is 24.3. The van der Waals surface area contributed by atoms with Crippen LogP contribution in [-0.2, 0) is 9.47 Å². The third kappa shape index (κ3) is 3.17. The first-order valence-corrected chi connectivity index (χ1v) is 8.19. The van der Waals surface area contributed by atoms with Gasteiger partial charge in [-0.2, -0.15) is 5.10 Å². The molecule has 2 aliphatic rings. The zero-order chi connectivity index (χ0) is 15.5. The van der Waals surface area contributed by atoms with Gasteiger partial charge in [0.1, 0.15) is 0 Å². The molecule has 2 saturated heterocycles. The molecule has 122 valence electrons. The summed E-state index contributed by atoms with van der Waals surface area (Å²) in [6, 6.07) is 0.543. The summed E-state index contributed by atoms with van der Waals surface area (Å²) in [7, 11) is 0. The van der Waals surface area contributed by atoms with Crippen molar-refractivity contribution < 1.29 is 14.3 Å². The lowest BCUT2D eigenvalue weighted by Gasteiger charge is -2.26. The average Bonchev–Trinajstić information content (AvgIpc) is 2.79. The Morgan fingerprint density at radius 2 is 1.86 bits per heavy atom. The Hall–Kier alpha value is -1.40. The maximum Gasteiger partial charge on any atom is 0.274 e. The predicted molar refractivity (Wildman–Crippen MR) is 82.0 cm³/mol. The first kappa shape index (κ1) is 15.5. The summed E-state index contributed by atoms with van der Waals surface area (Å²) in [5, 5.41) is 4.60. The smallest absolute Gasteiger partial charge is 0.274 e. The molecule has 1 amide bonds. The minimum atomic E-state index is 0.0290. The number of carbonyl (C=O) groups is 1. The van der Waals surface area contributed by atoms with E-state index in [1.165, 1.54) is 0 Å². The molecule has 0 radical (unpaired) electrons. The summed E-state index contributed by atoms with van der Waals surface area (Å²) in [4.78, 5) is 14.7. The third-order valence-corrected chi connectivity index (χ3v) is 4.63. The van der Waals surface area contributed by atoms with E-state index < -0.39 is 0 Å². The molecule has 2 fully saturated rings. The number of ether oxygens (including phenoxy) is 2. The number of aryl methyl sites for hydroxylation is 1. The van der Waals surface area contributed by atoms with Gasteiger partial charge in [-0.25, -0.2) is 0 Å². The van der Waals surface area contributed by atoms with Gasteiger partial charge in [0.15, 0.2) is 5.69 Å². The Labute approximate surface area is 131 Å². The second kappa shape index (κ2) is 6.79. The van der Waals surface area contributed by atoms with Crippen molar-refractivity contribution in [1.82, 2.24) is 14.7 Å². The highest BCUT2D eigenvalue weighted by Gasteiger charge is 2.27. The van der Waals surface area contributed by atoms with E-state index in [-0.39, 0.29) is 11.9 Å². The van der Waals surface area contributed by atoms with Crippen molar-refractivity contribution >= 4 is 5.91 Å². The highest BCUT2D eigenvalue weighted by Crippen LogP contribution is 2.22. The van der Waals surface area contributed by atoms with E-state index in [2.05, 4.69) is 12.0 Å². The largest absolute Gasteiger partial charge is 0.381 e. The average molecular weight is 307 g/mol. The Balaban J connectivity index is 1.78. The number of hydrogen-bond acceptors (Lipinski definition) is 4. The summed E-state index contributed by atoms with van der Waals surface area (Å²) in [6.07, 6.45) is 4.80. The van der Waals surface area contributed by atoms with Crippen molar-refractivity contribution in [3.05, 3.63) is 17.5 Å². The third-order valence-electron chi connectivity index (χ3n) is 4.63. The monoisotopic (exact) mass is 307 g/mol. The van der Waals surface area contributed by atoms with Gasteiger partial charge >= 0.3 is 0 Å². The molecule has 0 aliphatic carbocycles. The van der Waals surface area contributed by atoms with E-state index in [1.807, 2.05) is 22.7 Å². The number of aromatic nitrogens is 2. The number of hydrogen-bond donors (Lipinski definition) is 0. The number of amides is 1. The zero-order valence-electron chi connectivity index (χ0n) is 13.5. The maximum absolute atomic E-state index is 12.8. The van der Waals surface area contributed by atoms with Crippen LogP contribution in [0.25, 0.3) is 0 Å². The molecule has 1 aromatic heterocycles. The predicted octanol–water partition coefficient (Wildman–Crippen LogP) is 1.79. The van der Waals surface area contributed by atoms with Crippen LogP contribution in [0.5, 0.6) is 0 Å². The summed E-state index contributed by atoms with van der Waals surface area (Å²) in [5.41, 5.74) is 1.54. The van der Waals surface area contributed by atoms with Crippen LogP contribution in [0.3, 0.4) is 0 Å². The highest BCUT2D eigenvalue weighted by molar-refractivity contribution is 5.93. The van der Waals surface area contributed by atoms with E-state index in [0.717, 1.165) is 44.6 Å². The van der Waals surface area contributed by atoms with Crippen LogP contribution in [-0.4, -0.2) is 59.6 Å². The summed E-state index contributed by atoms with van der Waals surface area (Å²) in [6.45, 7) is 7.56. The van der Waals surface area contributed by atoms with E-state index in [0.29, 0.717) is 24.9 Å². The quantitative estimate of drug-likeness (QED) is 0.836. The van der Waals surface area contributed by atoms with Crippen LogP contribution >= 0.6 is 0 Å². The molecule has 1 aromatic rings. The lowest BCUT2D eigenvalue weighted by molar-refractivity contribution is 0.0642.